The number of hydrogen-bond acceptors (Lipinski definition) is 5. The lowest BCUT2D eigenvalue weighted by Gasteiger charge is -2.37. The van der Waals surface area contributed by atoms with Gasteiger partial charge in [0.25, 0.3) is 0 Å². The standard InChI is InChI=1S/C23H29N3O3S/c27-22(26-14-12-25(13-15-26)21-11-16-30(28,29)18-21)17-24-23(19-7-3-1-4-8-19)20-9-5-2-6-10-20/h1-10,21,23-24H,11-18H2/t21-/m0/s1. The molecule has 160 valence electrons. The van der Waals surface area contributed by atoms with Gasteiger partial charge in [0.1, 0.15) is 0 Å². The highest BCUT2D eigenvalue weighted by Gasteiger charge is 2.34. The van der Waals surface area contributed by atoms with Crippen molar-refractivity contribution >= 4 is 15.7 Å². The van der Waals surface area contributed by atoms with Crippen LogP contribution in [0.3, 0.4) is 0 Å². The molecule has 2 fully saturated rings. The van der Waals surface area contributed by atoms with E-state index in [-0.39, 0.29) is 30.3 Å². The molecule has 2 aromatic rings. The minimum Gasteiger partial charge on any atom is -0.339 e. The van der Waals surface area contributed by atoms with Gasteiger partial charge >= 0.3 is 0 Å². The van der Waals surface area contributed by atoms with Crippen molar-refractivity contribution in [3.63, 3.8) is 0 Å². The van der Waals surface area contributed by atoms with Crippen molar-refractivity contribution in [2.75, 3.05) is 44.2 Å². The van der Waals surface area contributed by atoms with E-state index in [4.69, 9.17) is 0 Å². The molecule has 2 aliphatic heterocycles. The highest BCUT2D eigenvalue weighted by atomic mass is 32.2. The summed E-state index contributed by atoms with van der Waals surface area (Å²) in [5.74, 6) is 0.643. The third-order valence-corrected chi connectivity index (χ3v) is 7.87. The van der Waals surface area contributed by atoms with Crippen LogP contribution in [0.4, 0.5) is 0 Å². The lowest BCUT2D eigenvalue weighted by Crippen LogP contribution is -2.53. The molecular weight excluding hydrogens is 398 g/mol. The zero-order chi connectivity index (χ0) is 21.0. The van der Waals surface area contributed by atoms with E-state index in [1.54, 1.807) is 0 Å². The number of benzene rings is 2. The van der Waals surface area contributed by atoms with Gasteiger partial charge in [-0.2, -0.15) is 0 Å². The van der Waals surface area contributed by atoms with Crippen LogP contribution in [0, 0.1) is 0 Å². The zero-order valence-electron chi connectivity index (χ0n) is 17.1. The van der Waals surface area contributed by atoms with E-state index >= 15 is 0 Å². The third-order valence-electron chi connectivity index (χ3n) is 6.11. The van der Waals surface area contributed by atoms with Crippen LogP contribution in [-0.4, -0.2) is 74.4 Å². The predicted molar refractivity (Wildman–Crippen MR) is 118 cm³/mol. The first kappa shape index (κ1) is 21.0. The maximum absolute atomic E-state index is 12.8. The molecule has 0 spiro atoms. The highest BCUT2D eigenvalue weighted by molar-refractivity contribution is 7.91. The molecule has 4 rings (SSSR count). The molecule has 30 heavy (non-hydrogen) atoms. The molecule has 1 atom stereocenters. The largest absolute Gasteiger partial charge is 0.339 e. The van der Waals surface area contributed by atoms with Gasteiger partial charge in [-0.3, -0.25) is 15.0 Å². The Balaban J connectivity index is 1.33. The van der Waals surface area contributed by atoms with Crippen molar-refractivity contribution in [1.29, 1.82) is 0 Å². The first-order valence-electron chi connectivity index (χ1n) is 10.6. The number of sulfone groups is 1. The first-order chi connectivity index (χ1) is 14.5. The fraction of sp³-hybridized carbons (Fsp3) is 0.435. The molecule has 2 aromatic carbocycles. The summed E-state index contributed by atoms with van der Waals surface area (Å²) in [7, 11) is -2.88. The van der Waals surface area contributed by atoms with E-state index in [0.717, 1.165) is 24.2 Å². The molecule has 2 saturated heterocycles. The van der Waals surface area contributed by atoms with Crippen LogP contribution in [0.5, 0.6) is 0 Å². The van der Waals surface area contributed by atoms with Crippen LogP contribution >= 0.6 is 0 Å². The van der Waals surface area contributed by atoms with E-state index in [1.807, 2.05) is 41.3 Å². The molecule has 7 heteroatoms. The Hall–Kier alpha value is -2.22. The SMILES string of the molecule is O=C(CNC(c1ccccc1)c1ccccc1)N1CCN([C@H]2CCS(=O)(=O)C2)CC1. The zero-order valence-corrected chi connectivity index (χ0v) is 17.9. The van der Waals surface area contributed by atoms with Crippen molar-refractivity contribution in [2.45, 2.75) is 18.5 Å². The summed E-state index contributed by atoms with van der Waals surface area (Å²) in [6, 6.07) is 20.4. The second-order valence-electron chi connectivity index (χ2n) is 8.11. The summed E-state index contributed by atoms with van der Waals surface area (Å²) in [6.07, 6.45) is 0.716. The predicted octanol–water partition coefficient (Wildman–Crippen LogP) is 1.70. The lowest BCUT2D eigenvalue weighted by atomic mass is 9.99. The number of carbonyl (C=O) groups is 1. The maximum atomic E-state index is 12.8. The summed E-state index contributed by atoms with van der Waals surface area (Å²) < 4.78 is 23.5. The number of piperazine rings is 1. The molecule has 0 aliphatic carbocycles. The average Bonchev–Trinajstić information content (AvgIpc) is 3.15. The van der Waals surface area contributed by atoms with Crippen LogP contribution in [0.2, 0.25) is 0 Å². The number of nitrogens with zero attached hydrogens (tertiary/aromatic N) is 2. The Kier molecular flexibility index (Phi) is 6.51. The molecule has 1 amide bonds. The minimum atomic E-state index is -2.88. The molecule has 0 bridgehead atoms. The average molecular weight is 428 g/mol. The van der Waals surface area contributed by atoms with E-state index in [1.165, 1.54) is 0 Å². The van der Waals surface area contributed by atoms with Crippen LogP contribution in [-0.2, 0) is 14.6 Å². The minimum absolute atomic E-state index is 0.0404. The Labute approximate surface area is 178 Å². The third kappa shape index (κ3) is 5.09. The summed E-state index contributed by atoms with van der Waals surface area (Å²) in [4.78, 5) is 17.0. The highest BCUT2D eigenvalue weighted by Crippen LogP contribution is 2.22. The molecule has 2 aliphatic rings. The van der Waals surface area contributed by atoms with Gasteiger partial charge in [0, 0.05) is 32.2 Å². The number of amides is 1. The van der Waals surface area contributed by atoms with Gasteiger partial charge in [0.05, 0.1) is 24.1 Å². The van der Waals surface area contributed by atoms with Crippen molar-refractivity contribution in [3.05, 3.63) is 71.8 Å². The van der Waals surface area contributed by atoms with E-state index in [2.05, 4.69) is 34.5 Å². The quantitative estimate of drug-likeness (QED) is 0.760. The molecule has 6 nitrogen and oxygen atoms in total. The van der Waals surface area contributed by atoms with Crippen LogP contribution in [0.1, 0.15) is 23.6 Å². The molecule has 0 unspecified atom stereocenters. The molecule has 0 saturated carbocycles. The summed E-state index contributed by atoms with van der Waals surface area (Å²) in [6.45, 7) is 3.06. The fourth-order valence-corrected chi connectivity index (χ4v) is 6.18. The van der Waals surface area contributed by atoms with Gasteiger partial charge in [-0.25, -0.2) is 8.42 Å². The monoisotopic (exact) mass is 427 g/mol. The second kappa shape index (κ2) is 9.29. The molecule has 1 N–H and O–H groups in total. The van der Waals surface area contributed by atoms with E-state index in [0.29, 0.717) is 25.3 Å². The van der Waals surface area contributed by atoms with E-state index < -0.39 is 9.84 Å². The van der Waals surface area contributed by atoms with Crippen molar-refractivity contribution in [3.8, 4) is 0 Å². The fourth-order valence-electron chi connectivity index (χ4n) is 4.42. The summed E-state index contributed by atoms with van der Waals surface area (Å²) in [5, 5.41) is 3.44. The van der Waals surface area contributed by atoms with Crippen LogP contribution < -0.4 is 5.32 Å². The Morgan fingerprint density at radius 3 is 2.00 bits per heavy atom. The Morgan fingerprint density at radius 1 is 0.933 bits per heavy atom. The molecule has 0 radical (unpaired) electrons. The Bertz CT molecular complexity index is 903. The van der Waals surface area contributed by atoms with Crippen molar-refractivity contribution in [2.24, 2.45) is 0 Å². The smallest absolute Gasteiger partial charge is 0.236 e. The van der Waals surface area contributed by atoms with Gasteiger partial charge in [0.2, 0.25) is 5.91 Å². The van der Waals surface area contributed by atoms with Gasteiger partial charge in [-0.15, -0.1) is 0 Å². The summed E-state index contributed by atoms with van der Waals surface area (Å²) >= 11 is 0. The molecule has 2 heterocycles. The summed E-state index contributed by atoms with van der Waals surface area (Å²) in [5.41, 5.74) is 2.26. The van der Waals surface area contributed by atoms with Crippen molar-refractivity contribution < 1.29 is 13.2 Å². The Morgan fingerprint density at radius 2 is 1.50 bits per heavy atom. The van der Waals surface area contributed by atoms with Crippen molar-refractivity contribution in [1.82, 2.24) is 15.1 Å². The second-order valence-corrected chi connectivity index (χ2v) is 10.3. The van der Waals surface area contributed by atoms with Crippen LogP contribution in [0.25, 0.3) is 0 Å². The van der Waals surface area contributed by atoms with Gasteiger partial charge < -0.3 is 4.90 Å². The maximum Gasteiger partial charge on any atom is 0.236 e. The van der Waals surface area contributed by atoms with E-state index in [9.17, 15) is 13.2 Å². The number of rotatable bonds is 6. The van der Waals surface area contributed by atoms with Gasteiger partial charge in [-0.05, 0) is 17.5 Å². The van der Waals surface area contributed by atoms with Crippen LogP contribution in [0.15, 0.2) is 60.7 Å². The lowest BCUT2D eigenvalue weighted by molar-refractivity contribution is -0.132. The molecular formula is C23H29N3O3S. The normalized spacial score (nSPS) is 21.8. The topological polar surface area (TPSA) is 69.7 Å². The van der Waals surface area contributed by atoms with Gasteiger partial charge in [-0.1, -0.05) is 60.7 Å². The number of hydrogen-bond donors (Lipinski definition) is 1. The number of nitrogens with one attached hydrogen (secondary N) is 1. The number of carbonyl (C=O) groups excluding carboxylic acids is 1. The molecule has 0 aromatic heterocycles. The first-order valence-corrected chi connectivity index (χ1v) is 12.4. The van der Waals surface area contributed by atoms with Gasteiger partial charge in [0.15, 0.2) is 9.84 Å².